The maximum absolute atomic E-state index is 13.0. The van der Waals surface area contributed by atoms with Gasteiger partial charge < -0.3 is 20.3 Å². The maximum atomic E-state index is 13.0. The Balaban J connectivity index is 0.000000796. The van der Waals surface area contributed by atoms with E-state index in [2.05, 4.69) is 458 Å². The van der Waals surface area contributed by atoms with Crippen LogP contribution >= 0.6 is 766 Å². The molecule has 1 aliphatic rings. The van der Waals surface area contributed by atoms with Crippen LogP contribution in [-0.2, 0) is 21.1 Å². The van der Waals surface area contributed by atoms with Crippen molar-refractivity contribution >= 4 is 782 Å². The number of alkyl halides is 1. The van der Waals surface area contributed by atoms with Gasteiger partial charge in [0.25, 0.3) is 0 Å². The molecule has 1 aliphatic heterocycles. The molecule has 0 amide bonds. The van der Waals surface area contributed by atoms with Crippen LogP contribution in [0.1, 0.15) is 25.3 Å². The van der Waals surface area contributed by atoms with Gasteiger partial charge in [-0.1, -0.05) is 41.6 Å². The molecule has 0 bridgehead atoms. The molecule has 54 unspecified atom stereocenters. The topological polar surface area (TPSA) is 133 Å². The fourth-order valence-electron chi connectivity index (χ4n) is 10.2. The highest BCUT2D eigenvalue weighted by molar-refractivity contribution is 9.60. The minimum absolute atomic E-state index is 0.184. The van der Waals surface area contributed by atoms with E-state index in [1.54, 1.807) is 37.3 Å². The molecular weight excluding hydrogens is 3490 g/mol. The summed E-state index contributed by atoms with van der Waals surface area (Å²) in [4.78, 5) is 9.19. The summed E-state index contributed by atoms with van der Waals surface area (Å²) < 4.78 is 49.5. The van der Waals surface area contributed by atoms with Crippen molar-refractivity contribution in [2.45, 2.75) is 42.5 Å². The van der Waals surface area contributed by atoms with E-state index in [0.29, 0.717) is 61.0 Å². The Morgan fingerprint density at radius 3 is 0.830 bits per heavy atom. The Kier molecular flexibility index (Phi) is 106. The number of nitrogen functional groups attached to an aromatic ring is 1. The highest BCUT2D eigenvalue weighted by atomic mass is 33.7. The molecule has 0 saturated carbocycles. The Labute approximate surface area is 978 Å². The van der Waals surface area contributed by atoms with Gasteiger partial charge in [0.15, 0.2) is 27.1 Å². The zero-order chi connectivity index (χ0) is 104. The fraction of sp³-hybridized carbons (Fsp3) is 0.321. The number of nitrogens with two attached hydrogens (primary N) is 1. The van der Waals surface area contributed by atoms with Crippen molar-refractivity contribution in [3.8, 4) is 34.0 Å². The highest BCUT2D eigenvalue weighted by Gasteiger charge is 2.67. The lowest BCUT2D eigenvalue weighted by Crippen LogP contribution is -2.28. The first kappa shape index (κ1) is 165. The van der Waals surface area contributed by atoms with Crippen LogP contribution in [-0.4, -0.2) is 54.7 Å². The first-order valence-corrected chi connectivity index (χ1v) is 211. The third kappa shape index (κ3) is 53.9. The van der Waals surface area contributed by atoms with E-state index in [1.807, 2.05) is 24.3 Å². The summed E-state index contributed by atoms with van der Waals surface area (Å²) in [5, 5.41) is 6.85. The second-order valence-corrected chi connectivity index (χ2v) is 426. The van der Waals surface area contributed by atoms with Gasteiger partial charge in [-0.3, -0.25) is 0 Å². The molecule has 107 heteroatoms. The molecule has 1 fully saturated rings. The van der Waals surface area contributed by atoms with Crippen molar-refractivity contribution < 1.29 is 22.1 Å². The van der Waals surface area contributed by atoms with Crippen molar-refractivity contribution in [3.63, 3.8) is 0 Å². The smallest absolute Gasteiger partial charge is 0.189 e. The second-order valence-electron chi connectivity index (χ2n) is 24.9. The number of ether oxygens (including phenoxy) is 1. The van der Waals surface area contributed by atoms with Crippen molar-refractivity contribution in [1.29, 1.82) is 0 Å². The minimum atomic E-state index is -3.43. The lowest BCUT2D eigenvalue weighted by atomic mass is 10.1. The molecule has 782 valence electrons. The third-order valence-corrected chi connectivity index (χ3v) is 700. The van der Waals surface area contributed by atoms with Crippen LogP contribution in [0.2, 0.25) is 0 Å². The van der Waals surface area contributed by atoms with E-state index in [4.69, 9.17) is 15.0 Å². The van der Waals surface area contributed by atoms with E-state index in [0.717, 1.165) is 11.1 Å². The van der Waals surface area contributed by atoms with Crippen molar-refractivity contribution in [1.82, 2.24) is 20.4 Å². The monoisotopic (exact) mass is 3620 g/mol. The molecule has 3 heterocycles. The number of hydrogen-bond donors (Lipinski definition) is 2. The maximum Gasteiger partial charge on any atom is 0.189 e. The van der Waals surface area contributed by atoms with E-state index in [9.17, 15) is 12.8 Å². The first-order valence-electron chi connectivity index (χ1n) is 34.6. The predicted octanol–water partition coefficient (Wildman–Crippen LogP) is 60.9. The van der Waals surface area contributed by atoms with E-state index < -0.39 is 336 Å². The molecule has 9 nitrogen and oxygen atoms in total. The highest BCUT2D eigenvalue weighted by Crippen LogP contribution is 3.54. The standard InChI is InChI=1S/C28H30FN5O4S.H98P96/c1-18(15-29)31-16-19-2-4-20(5-3-19)24-14-26(38-34-24)27-28(30)32-17-25(33-27)21-6-8-22(9-7-21)39(35,36)23-10-12-37-13-11-23;1-50(2)74(49)86(73(47)48)92(85(71(43)44)72(45)46)95(91(83(67(35)36)68(37)38)84(69(39)40)70(41)42)96(93(87(75(51(3)4)52(5)6)76(53(7)8)54(9)10)88(77(55(11)12)56(13)14)78(57(15)16)58(17)18)94(89(79(59(19)20)60(21)22)80(61(23)24)62(25)26)90(81(63(27)28)64(29)30)82(65(31)32)66(33)34/h2-9,14,17-18,23,31H,10-13,15-16H2,1H3,(H2,30,32);1-49H2. The lowest BCUT2D eigenvalue weighted by molar-refractivity contribution is 0.0983. The summed E-state index contributed by atoms with van der Waals surface area (Å²) >= 11 is 0. The Morgan fingerprint density at radius 2 is 0.585 bits per heavy atom. The van der Waals surface area contributed by atoms with E-state index >= 15 is 0 Å². The molecule has 0 aliphatic carbocycles. The summed E-state index contributed by atoms with van der Waals surface area (Å²) in [5.41, 5.74) is 10.1. The number of hydrogen-bond acceptors (Lipinski definition) is 9. The Bertz CT molecular complexity index is 3740. The van der Waals surface area contributed by atoms with Gasteiger partial charge in [0, 0.05) is 43.0 Å². The number of rotatable bonds is 55. The van der Waals surface area contributed by atoms with E-state index in [1.165, 1.54) is 6.20 Å². The normalized spacial score (nSPS) is 15.7. The van der Waals surface area contributed by atoms with Gasteiger partial charge in [-0.05, 0) is 366 Å². The SMILES string of the molecule is CC(CF)NCc1ccc(-c2cc(-c3nc(-c4ccc(S(=O)(=O)C5CCOCC5)cc4)cnc3N)on2)cc1.PP(P)P(P)P(P(P)P)P(P(P(P)P)P(P)P)P(P(P(P(P)P)P(P)P)P(P(P)P)P(P)P)P(P(P(P(P(P)P)P(P)P)P(P(P)P)P(P)P)P(P(P(P)P)P(P)P)P(P(P)P)P(P)P)P(P(P(P(P)P)P(P)P)P(P(P)P)P(P)P)P(P(P(P)P)P(P)P)P(P(P)P)P(P)P. The van der Waals surface area contributed by atoms with Crippen molar-refractivity contribution in [3.05, 3.63) is 66.4 Å². The Hall–Kier alpha value is 37.6. The van der Waals surface area contributed by atoms with Crippen LogP contribution in [0.3, 0.4) is 0 Å². The molecule has 5 rings (SSSR count). The lowest BCUT2D eigenvalue weighted by Gasteiger charge is -2.64. The molecular formula is C28H128FN5O4P96S. The van der Waals surface area contributed by atoms with Crippen LogP contribution in [0, 0.1) is 0 Å². The van der Waals surface area contributed by atoms with Crippen molar-refractivity contribution in [2.24, 2.45) is 0 Å². The molecule has 0 radical (unpaired) electrons. The Morgan fingerprint density at radius 1 is 0.348 bits per heavy atom. The molecule has 3 N–H and O–H groups in total. The summed E-state index contributed by atoms with van der Waals surface area (Å²) in [6.07, 6.45) is 2.53. The van der Waals surface area contributed by atoms with Gasteiger partial charge in [0.1, 0.15) is 12.4 Å². The molecule has 4 aromatic rings. The molecule has 54 atom stereocenters. The van der Waals surface area contributed by atoms with Crippen LogP contribution in [0.4, 0.5) is 10.2 Å². The predicted molar refractivity (Wildman–Crippen MR) is 947 cm³/mol. The van der Waals surface area contributed by atoms with Gasteiger partial charge in [0.2, 0.25) is 0 Å². The first-order chi connectivity index (χ1) is 62.5. The molecule has 135 heavy (non-hydrogen) atoms. The van der Waals surface area contributed by atoms with Crippen molar-refractivity contribution in [2.75, 3.05) is 25.6 Å². The average molecular weight is 3620 g/mol. The molecule has 2 aromatic carbocycles. The van der Waals surface area contributed by atoms with Crippen LogP contribution in [0.15, 0.2) is 70.2 Å². The average Bonchev–Trinajstić information content (AvgIpc) is 0.953. The van der Waals surface area contributed by atoms with Gasteiger partial charge in [-0.15, -0.1) is 437 Å². The van der Waals surface area contributed by atoms with Gasteiger partial charge in [-0.2, -0.15) is 0 Å². The zero-order valence-electron chi connectivity index (χ0n) is 70.8. The number of benzene rings is 2. The molecule has 0 spiro atoms. The summed E-state index contributed by atoms with van der Waals surface area (Å²) in [6, 6.07) is 15.9. The molecule has 1 saturated heterocycles. The second kappa shape index (κ2) is 87.0. The number of halogens is 1. The zero-order valence-corrected chi connectivity index (χ0v) is 170. The fourth-order valence-corrected chi connectivity index (χ4v) is 1430. The van der Waals surface area contributed by atoms with Gasteiger partial charge in [-0.25, -0.2) is 22.8 Å². The number of sulfone groups is 1. The minimum Gasteiger partial charge on any atom is -0.382 e. The quantitative estimate of drug-likeness (QED) is 0.0415. The number of nitrogens with one attached hydrogen (secondary N) is 1. The number of anilines is 1. The number of nitrogens with zero attached hydrogens (tertiary/aromatic N) is 3. The third-order valence-electron chi connectivity index (χ3n) is 15.3. The largest absolute Gasteiger partial charge is 0.382 e. The van der Waals surface area contributed by atoms with Crippen LogP contribution in [0.25, 0.3) is 34.0 Å². The van der Waals surface area contributed by atoms with Crippen LogP contribution in [0.5, 0.6) is 0 Å². The van der Waals surface area contributed by atoms with Gasteiger partial charge >= 0.3 is 0 Å². The number of aromatic nitrogens is 3. The summed E-state index contributed by atoms with van der Waals surface area (Å²) in [6.45, 7) is -17.6. The van der Waals surface area contributed by atoms with Crippen LogP contribution < -0.4 is 11.1 Å². The van der Waals surface area contributed by atoms with E-state index in [-0.39, 0.29) is 30.7 Å². The molecule has 2 aromatic heterocycles. The summed E-state index contributed by atoms with van der Waals surface area (Å²) in [5.74, 6) is 0.543. The van der Waals surface area contributed by atoms with Gasteiger partial charge in [0.05, 0.1) is 22.0 Å². The summed E-state index contributed by atoms with van der Waals surface area (Å²) in [7, 11) is 182.